The van der Waals surface area contributed by atoms with Gasteiger partial charge in [-0.3, -0.25) is 4.99 Å². The van der Waals surface area contributed by atoms with Crippen LogP contribution in [0.2, 0.25) is 0 Å². The van der Waals surface area contributed by atoms with Crippen LogP contribution in [0.4, 0.5) is 0 Å². The molecule has 0 amide bonds. The minimum atomic E-state index is -3.38. The van der Waals surface area contributed by atoms with Crippen molar-refractivity contribution in [3.8, 4) is 0 Å². The fourth-order valence-corrected chi connectivity index (χ4v) is 4.54. The van der Waals surface area contributed by atoms with Gasteiger partial charge in [0.25, 0.3) is 0 Å². The topological polar surface area (TPSA) is 74.7 Å². The molecule has 0 aliphatic heterocycles. The third-order valence-corrected chi connectivity index (χ3v) is 7.00. The van der Waals surface area contributed by atoms with Gasteiger partial charge in [-0.2, -0.15) is 0 Å². The fourth-order valence-electron chi connectivity index (χ4n) is 2.82. The average molecular weight is 565 g/mol. The van der Waals surface area contributed by atoms with Crippen LogP contribution >= 0.6 is 35.3 Å². The average Bonchev–Trinajstić information content (AvgIpc) is 3.05. The van der Waals surface area contributed by atoms with Crippen molar-refractivity contribution < 1.29 is 8.42 Å². The Hall–Kier alpha value is -1.20. The lowest BCUT2D eigenvalue weighted by Crippen LogP contribution is -2.38. The molecule has 1 heterocycles. The molecule has 0 unspecified atom stereocenters. The Morgan fingerprint density at radius 1 is 1.23 bits per heavy atom. The van der Waals surface area contributed by atoms with Gasteiger partial charge < -0.3 is 10.2 Å². The molecule has 0 radical (unpaired) electrons. The number of aliphatic imine (C=N–C) groups is 1. The number of hydrogen-bond acceptors (Lipinski definition) is 5. The summed E-state index contributed by atoms with van der Waals surface area (Å²) in [6.45, 7) is 11.8. The summed E-state index contributed by atoms with van der Waals surface area (Å²) in [5.74, 6) is 0.650. The molecular formula is C21H33IN4O2S2. The Labute approximate surface area is 202 Å². The summed E-state index contributed by atoms with van der Waals surface area (Å²) in [6.07, 6.45) is 0. The predicted octanol–water partition coefficient (Wildman–Crippen LogP) is 4.24. The molecular weight excluding hydrogens is 531 g/mol. The maximum absolute atomic E-state index is 12.7. The first-order valence-electron chi connectivity index (χ1n) is 9.76. The molecule has 0 fully saturated rings. The quantitative estimate of drug-likeness (QED) is 0.310. The molecule has 0 atom stereocenters. The highest BCUT2D eigenvalue weighted by atomic mass is 127. The van der Waals surface area contributed by atoms with Crippen LogP contribution in [0.1, 0.15) is 44.0 Å². The standard InChI is InChI=1S/C21H32N4O2S2.HI/c1-7-22-20(25(6)14-18-15-28-16(2)24-18)23-12-13-29(26,27)19-10-8-17(9-11-19)21(3,4)5;/h8-11,15H,7,12-14H2,1-6H3,(H,22,23);1H. The van der Waals surface area contributed by atoms with Crippen molar-refractivity contribution in [2.75, 3.05) is 25.9 Å². The van der Waals surface area contributed by atoms with E-state index in [2.05, 4.69) is 36.1 Å². The first-order valence-corrected chi connectivity index (χ1v) is 12.3. The second-order valence-electron chi connectivity index (χ2n) is 8.04. The molecule has 0 aliphatic rings. The summed E-state index contributed by atoms with van der Waals surface area (Å²) < 4.78 is 25.4. The zero-order valence-electron chi connectivity index (χ0n) is 18.6. The van der Waals surface area contributed by atoms with Gasteiger partial charge in [0.05, 0.1) is 34.4 Å². The number of aryl methyl sites for hydroxylation is 1. The number of sulfone groups is 1. The van der Waals surface area contributed by atoms with Crippen LogP contribution in [0, 0.1) is 6.92 Å². The van der Waals surface area contributed by atoms with Gasteiger partial charge in [-0.25, -0.2) is 13.4 Å². The van der Waals surface area contributed by atoms with Crippen molar-refractivity contribution in [2.45, 2.75) is 51.5 Å². The SMILES string of the molecule is CCNC(=NCCS(=O)(=O)c1ccc(C(C)(C)C)cc1)N(C)Cc1csc(C)n1.I. The van der Waals surface area contributed by atoms with Crippen molar-refractivity contribution in [1.82, 2.24) is 15.2 Å². The number of aromatic nitrogens is 1. The number of guanidine groups is 1. The lowest BCUT2D eigenvalue weighted by molar-refractivity contribution is 0.471. The molecule has 9 heteroatoms. The molecule has 168 valence electrons. The van der Waals surface area contributed by atoms with Crippen LogP contribution in [0.3, 0.4) is 0 Å². The van der Waals surface area contributed by atoms with E-state index < -0.39 is 9.84 Å². The second-order valence-corrected chi connectivity index (χ2v) is 11.2. The Morgan fingerprint density at radius 2 is 1.87 bits per heavy atom. The molecule has 0 aliphatic carbocycles. The summed E-state index contributed by atoms with van der Waals surface area (Å²) in [7, 11) is -1.45. The maximum Gasteiger partial charge on any atom is 0.194 e. The maximum atomic E-state index is 12.7. The number of nitrogens with one attached hydrogen (secondary N) is 1. The predicted molar refractivity (Wildman–Crippen MR) is 137 cm³/mol. The molecule has 2 aromatic rings. The molecule has 2 rings (SSSR count). The van der Waals surface area contributed by atoms with Crippen LogP contribution in [-0.2, 0) is 21.8 Å². The Bertz CT molecular complexity index is 933. The Balaban J connectivity index is 0.00000450. The van der Waals surface area contributed by atoms with Crippen molar-refractivity contribution in [2.24, 2.45) is 4.99 Å². The van der Waals surface area contributed by atoms with E-state index in [4.69, 9.17) is 0 Å². The monoisotopic (exact) mass is 564 g/mol. The third-order valence-electron chi connectivity index (χ3n) is 4.46. The summed E-state index contributed by atoms with van der Waals surface area (Å²) in [5, 5.41) is 6.27. The van der Waals surface area contributed by atoms with Crippen LogP contribution in [0.25, 0.3) is 0 Å². The molecule has 30 heavy (non-hydrogen) atoms. The highest BCUT2D eigenvalue weighted by molar-refractivity contribution is 14.0. The molecule has 0 saturated heterocycles. The van der Waals surface area contributed by atoms with Gasteiger partial charge in [0.2, 0.25) is 0 Å². The van der Waals surface area contributed by atoms with Crippen LogP contribution in [0.5, 0.6) is 0 Å². The lowest BCUT2D eigenvalue weighted by atomic mass is 9.87. The largest absolute Gasteiger partial charge is 0.357 e. The summed E-state index contributed by atoms with van der Waals surface area (Å²) >= 11 is 1.62. The molecule has 0 spiro atoms. The second kappa shape index (κ2) is 11.4. The summed E-state index contributed by atoms with van der Waals surface area (Å²) in [6, 6.07) is 7.18. The van der Waals surface area contributed by atoms with Crippen LogP contribution in [0.15, 0.2) is 39.5 Å². The fraction of sp³-hybridized carbons (Fsp3) is 0.524. The normalized spacial score (nSPS) is 12.4. The first kappa shape index (κ1) is 26.8. The smallest absolute Gasteiger partial charge is 0.194 e. The van der Waals surface area contributed by atoms with Crippen molar-refractivity contribution >= 4 is 51.1 Å². The van der Waals surface area contributed by atoms with Gasteiger partial charge in [-0.15, -0.1) is 35.3 Å². The highest BCUT2D eigenvalue weighted by Crippen LogP contribution is 2.23. The van der Waals surface area contributed by atoms with Gasteiger partial charge >= 0.3 is 0 Å². The van der Waals surface area contributed by atoms with E-state index >= 15 is 0 Å². The Kier molecular flexibility index (Phi) is 10.2. The highest BCUT2D eigenvalue weighted by Gasteiger charge is 2.18. The number of hydrogen-bond donors (Lipinski definition) is 1. The summed E-state index contributed by atoms with van der Waals surface area (Å²) in [4.78, 5) is 11.3. The molecule has 1 aromatic carbocycles. The van der Waals surface area contributed by atoms with E-state index in [1.54, 1.807) is 23.5 Å². The van der Waals surface area contributed by atoms with Crippen LogP contribution < -0.4 is 5.32 Å². The van der Waals surface area contributed by atoms with Crippen molar-refractivity contribution in [3.05, 3.63) is 45.9 Å². The van der Waals surface area contributed by atoms with Gasteiger partial charge in [-0.05, 0) is 37.0 Å². The molecule has 0 saturated carbocycles. The lowest BCUT2D eigenvalue weighted by Gasteiger charge is -2.21. The van der Waals surface area contributed by atoms with E-state index in [-0.39, 0.29) is 41.7 Å². The minimum Gasteiger partial charge on any atom is -0.357 e. The number of thiazole rings is 1. The number of nitrogens with zero attached hydrogens (tertiary/aromatic N) is 3. The van der Waals surface area contributed by atoms with Gasteiger partial charge in [0.1, 0.15) is 0 Å². The minimum absolute atomic E-state index is 0. The first-order chi connectivity index (χ1) is 13.5. The zero-order chi connectivity index (χ0) is 21.7. The van der Waals surface area contributed by atoms with E-state index in [0.717, 1.165) is 16.3 Å². The van der Waals surface area contributed by atoms with Crippen molar-refractivity contribution in [1.29, 1.82) is 0 Å². The van der Waals surface area contributed by atoms with Crippen LogP contribution in [-0.4, -0.2) is 50.2 Å². The van der Waals surface area contributed by atoms with E-state index in [9.17, 15) is 8.42 Å². The van der Waals surface area contributed by atoms with Gasteiger partial charge in [0, 0.05) is 19.0 Å². The van der Waals surface area contributed by atoms with Gasteiger partial charge in [0.15, 0.2) is 15.8 Å². The van der Waals surface area contributed by atoms with E-state index in [1.165, 1.54) is 0 Å². The summed E-state index contributed by atoms with van der Waals surface area (Å²) in [5.41, 5.74) is 2.09. The zero-order valence-corrected chi connectivity index (χ0v) is 22.6. The molecule has 1 N–H and O–H groups in total. The number of halogens is 1. The third kappa shape index (κ3) is 7.81. The molecule has 6 nitrogen and oxygen atoms in total. The number of rotatable bonds is 7. The van der Waals surface area contributed by atoms with E-state index in [1.807, 2.05) is 43.3 Å². The van der Waals surface area contributed by atoms with Crippen molar-refractivity contribution in [3.63, 3.8) is 0 Å². The molecule has 0 bridgehead atoms. The van der Waals surface area contributed by atoms with E-state index in [0.29, 0.717) is 23.9 Å². The molecule has 1 aromatic heterocycles. The number of benzene rings is 1. The Morgan fingerprint density at radius 3 is 2.37 bits per heavy atom. The van der Waals surface area contributed by atoms with Gasteiger partial charge in [-0.1, -0.05) is 32.9 Å².